The number of nitrogen functional groups attached to an aromatic ring is 1. The van der Waals surface area contributed by atoms with Gasteiger partial charge in [-0.2, -0.15) is 10.1 Å². The highest BCUT2D eigenvalue weighted by molar-refractivity contribution is 5.88. The minimum atomic E-state index is 0.0802. The van der Waals surface area contributed by atoms with E-state index in [0.29, 0.717) is 30.2 Å². The van der Waals surface area contributed by atoms with Crippen LogP contribution in [0.5, 0.6) is 5.75 Å². The van der Waals surface area contributed by atoms with E-state index in [2.05, 4.69) is 33.6 Å². The standard InChI is InChI=1S/C24H36N8O2/c1-4-5-18(8-11-33)28-23-22-21(29-24(25)30-23)15(2)31-32(22)14-17-13-27-19(12-20(17)34-3)16-6-9-26-10-7-16/h12-13,16,18,26,33H,4-11,14H2,1-3H3,(H3,25,28,29,30)/t18-/m0/s1. The number of aryl methyl sites for hydroxylation is 1. The zero-order valence-electron chi connectivity index (χ0n) is 20.3. The van der Waals surface area contributed by atoms with Crippen LogP contribution >= 0.6 is 0 Å². The van der Waals surface area contributed by atoms with Gasteiger partial charge in [0.05, 0.1) is 19.3 Å². The van der Waals surface area contributed by atoms with Gasteiger partial charge < -0.3 is 26.2 Å². The fraction of sp³-hybridized carbons (Fsp3) is 0.583. The van der Waals surface area contributed by atoms with Gasteiger partial charge in [-0.3, -0.25) is 9.67 Å². The van der Waals surface area contributed by atoms with Gasteiger partial charge in [-0.05, 0) is 45.7 Å². The molecular weight excluding hydrogens is 432 g/mol. The average Bonchev–Trinajstić information content (AvgIpc) is 3.15. The first-order chi connectivity index (χ1) is 16.5. The Bertz CT molecular complexity index is 1100. The summed E-state index contributed by atoms with van der Waals surface area (Å²) in [4.78, 5) is 13.7. The van der Waals surface area contributed by atoms with Gasteiger partial charge in [-0.1, -0.05) is 13.3 Å². The van der Waals surface area contributed by atoms with Gasteiger partial charge in [0.2, 0.25) is 5.95 Å². The number of fused-ring (bicyclic) bond motifs is 1. The summed E-state index contributed by atoms with van der Waals surface area (Å²) in [6.45, 7) is 6.64. The lowest BCUT2D eigenvalue weighted by molar-refractivity contribution is 0.276. The van der Waals surface area contributed by atoms with Gasteiger partial charge in [0.1, 0.15) is 16.8 Å². The van der Waals surface area contributed by atoms with E-state index in [0.717, 1.165) is 67.0 Å². The molecule has 10 heteroatoms. The van der Waals surface area contributed by atoms with E-state index in [-0.39, 0.29) is 18.6 Å². The maximum absolute atomic E-state index is 9.50. The van der Waals surface area contributed by atoms with Crippen LogP contribution in [0.25, 0.3) is 11.0 Å². The number of aliphatic hydroxyl groups is 1. The van der Waals surface area contributed by atoms with Crippen LogP contribution < -0.4 is 21.1 Å². The van der Waals surface area contributed by atoms with Crippen LogP contribution in [-0.4, -0.2) is 62.7 Å². The summed E-state index contributed by atoms with van der Waals surface area (Å²) in [6, 6.07) is 2.15. The average molecular weight is 469 g/mol. The lowest BCUT2D eigenvalue weighted by Crippen LogP contribution is -2.27. The SMILES string of the molecule is CCC[C@@H](CCO)Nc1nc(N)nc2c(C)nn(Cc3cnc(C4CCNCC4)cc3OC)c12. The van der Waals surface area contributed by atoms with Crippen LogP contribution in [0.3, 0.4) is 0 Å². The molecule has 1 fully saturated rings. The second-order valence-corrected chi connectivity index (χ2v) is 8.96. The third-order valence-corrected chi connectivity index (χ3v) is 6.49. The lowest BCUT2D eigenvalue weighted by Gasteiger charge is -2.23. The predicted molar refractivity (Wildman–Crippen MR) is 133 cm³/mol. The molecule has 1 aliphatic rings. The van der Waals surface area contributed by atoms with Crippen molar-refractivity contribution in [3.63, 3.8) is 0 Å². The van der Waals surface area contributed by atoms with Gasteiger partial charge >= 0.3 is 0 Å². The molecule has 3 aromatic rings. The third kappa shape index (κ3) is 5.23. The van der Waals surface area contributed by atoms with Crippen LogP contribution in [0, 0.1) is 6.92 Å². The summed E-state index contributed by atoms with van der Waals surface area (Å²) < 4.78 is 7.64. The number of anilines is 2. The Hall–Kier alpha value is -2.98. The van der Waals surface area contributed by atoms with Crippen molar-refractivity contribution >= 4 is 22.8 Å². The molecule has 4 heterocycles. The van der Waals surface area contributed by atoms with Crippen molar-refractivity contribution in [2.75, 3.05) is 37.9 Å². The molecular formula is C24H36N8O2. The maximum atomic E-state index is 9.50. The number of nitrogens with one attached hydrogen (secondary N) is 2. The first-order valence-electron chi connectivity index (χ1n) is 12.2. The molecule has 1 aliphatic heterocycles. The molecule has 0 aromatic carbocycles. The summed E-state index contributed by atoms with van der Waals surface area (Å²) in [7, 11) is 1.69. The van der Waals surface area contributed by atoms with E-state index >= 15 is 0 Å². The van der Waals surface area contributed by atoms with Crippen molar-refractivity contribution in [3.05, 3.63) is 29.2 Å². The van der Waals surface area contributed by atoms with Crippen LogP contribution in [0.15, 0.2) is 12.3 Å². The van der Waals surface area contributed by atoms with Gasteiger partial charge in [0.25, 0.3) is 0 Å². The van der Waals surface area contributed by atoms with Crippen molar-refractivity contribution in [2.24, 2.45) is 0 Å². The molecule has 0 bridgehead atoms. The number of ether oxygens (including phenoxy) is 1. The third-order valence-electron chi connectivity index (χ3n) is 6.49. The van der Waals surface area contributed by atoms with Gasteiger partial charge in [0.15, 0.2) is 5.82 Å². The normalized spacial score (nSPS) is 15.5. The molecule has 34 heavy (non-hydrogen) atoms. The Morgan fingerprint density at radius 3 is 2.79 bits per heavy atom. The van der Waals surface area contributed by atoms with Crippen LogP contribution in [-0.2, 0) is 6.54 Å². The minimum Gasteiger partial charge on any atom is -0.496 e. The molecule has 10 nitrogen and oxygen atoms in total. The van der Waals surface area contributed by atoms with Gasteiger partial charge in [-0.15, -0.1) is 0 Å². The zero-order valence-corrected chi connectivity index (χ0v) is 20.3. The van der Waals surface area contributed by atoms with E-state index in [1.54, 1.807) is 7.11 Å². The van der Waals surface area contributed by atoms with E-state index in [1.807, 2.05) is 17.8 Å². The second kappa shape index (κ2) is 11.0. The Balaban J connectivity index is 1.69. The molecule has 0 saturated carbocycles. The number of aromatic nitrogens is 5. The molecule has 4 rings (SSSR count). The number of hydrogen-bond acceptors (Lipinski definition) is 9. The fourth-order valence-corrected chi connectivity index (χ4v) is 4.74. The van der Waals surface area contributed by atoms with Crippen molar-refractivity contribution in [3.8, 4) is 5.75 Å². The van der Waals surface area contributed by atoms with E-state index in [1.165, 1.54) is 0 Å². The highest BCUT2D eigenvalue weighted by Crippen LogP contribution is 2.31. The molecule has 1 atom stereocenters. The van der Waals surface area contributed by atoms with Crippen molar-refractivity contribution < 1.29 is 9.84 Å². The molecule has 184 valence electrons. The van der Waals surface area contributed by atoms with Gasteiger partial charge in [0, 0.05) is 42.1 Å². The molecule has 0 spiro atoms. The van der Waals surface area contributed by atoms with Crippen LogP contribution in [0.1, 0.15) is 61.9 Å². The monoisotopic (exact) mass is 468 g/mol. The van der Waals surface area contributed by atoms with Crippen molar-refractivity contribution in [1.29, 1.82) is 0 Å². The molecule has 5 N–H and O–H groups in total. The summed E-state index contributed by atoms with van der Waals surface area (Å²) >= 11 is 0. The largest absolute Gasteiger partial charge is 0.496 e. The van der Waals surface area contributed by atoms with Crippen molar-refractivity contribution in [2.45, 2.75) is 64.5 Å². The van der Waals surface area contributed by atoms with Gasteiger partial charge in [-0.25, -0.2) is 4.98 Å². The van der Waals surface area contributed by atoms with Crippen molar-refractivity contribution in [1.82, 2.24) is 30.0 Å². The Labute approximate surface area is 200 Å². The summed E-state index contributed by atoms with van der Waals surface area (Å²) in [5, 5.41) is 21.1. The summed E-state index contributed by atoms with van der Waals surface area (Å²) in [5.74, 6) is 2.08. The molecule has 0 unspecified atom stereocenters. The highest BCUT2D eigenvalue weighted by Gasteiger charge is 2.21. The number of pyridine rings is 1. The van der Waals surface area contributed by atoms with E-state index in [9.17, 15) is 5.11 Å². The quantitative estimate of drug-likeness (QED) is 0.354. The Morgan fingerprint density at radius 2 is 2.09 bits per heavy atom. The number of rotatable bonds is 10. The Morgan fingerprint density at radius 1 is 1.29 bits per heavy atom. The number of piperidine rings is 1. The maximum Gasteiger partial charge on any atom is 0.222 e. The second-order valence-electron chi connectivity index (χ2n) is 8.96. The zero-order chi connectivity index (χ0) is 24.1. The molecule has 1 saturated heterocycles. The molecule has 0 amide bonds. The number of aliphatic hydroxyl groups excluding tert-OH is 1. The number of methoxy groups -OCH3 is 1. The highest BCUT2D eigenvalue weighted by atomic mass is 16.5. The number of nitrogens with two attached hydrogens (primary N) is 1. The van der Waals surface area contributed by atoms with E-state index in [4.69, 9.17) is 20.6 Å². The van der Waals surface area contributed by atoms with E-state index < -0.39 is 0 Å². The number of nitrogens with zero attached hydrogens (tertiary/aromatic N) is 5. The topological polar surface area (TPSA) is 136 Å². The first kappa shape index (κ1) is 24.2. The van der Waals surface area contributed by atoms with Crippen LogP contribution in [0.2, 0.25) is 0 Å². The smallest absolute Gasteiger partial charge is 0.222 e. The molecule has 0 radical (unpaired) electrons. The minimum absolute atomic E-state index is 0.0802. The first-order valence-corrected chi connectivity index (χ1v) is 12.2. The lowest BCUT2D eigenvalue weighted by atomic mass is 9.93. The molecule has 0 aliphatic carbocycles. The molecule has 3 aromatic heterocycles. The summed E-state index contributed by atoms with van der Waals surface area (Å²) in [5.41, 5.74) is 10.3. The van der Waals surface area contributed by atoms with Crippen LogP contribution in [0.4, 0.5) is 11.8 Å². The fourth-order valence-electron chi connectivity index (χ4n) is 4.74. The number of hydrogen-bond donors (Lipinski definition) is 4. The predicted octanol–water partition coefficient (Wildman–Crippen LogP) is 2.60. The summed E-state index contributed by atoms with van der Waals surface area (Å²) in [6.07, 6.45) is 6.59. The Kier molecular flexibility index (Phi) is 7.79.